The summed E-state index contributed by atoms with van der Waals surface area (Å²) in [5.41, 5.74) is 1.77. The summed E-state index contributed by atoms with van der Waals surface area (Å²) in [7, 11) is 0. The van der Waals surface area contributed by atoms with Crippen molar-refractivity contribution in [3.8, 4) is 0 Å². The summed E-state index contributed by atoms with van der Waals surface area (Å²) in [6.45, 7) is 6.82. The topological polar surface area (TPSA) is 37.3 Å². The van der Waals surface area contributed by atoms with E-state index in [0.29, 0.717) is 34.9 Å². The lowest BCUT2D eigenvalue weighted by Gasteiger charge is -2.56. The van der Waals surface area contributed by atoms with E-state index in [-0.39, 0.29) is 11.5 Å². The van der Waals surface area contributed by atoms with Gasteiger partial charge in [0, 0.05) is 6.42 Å². The molecule has 0 saturated heterocycles. The number of rotatable bonds is 1. The molecule has 2 fully saturated rings. The number of carbonyl (C=O) groups excluding carboxylic acids is 1. The first-order valence-corrected chi connectivity index (χ1v) is 9.47. The first-order valence-electron chi connectivity index (χ1n) is 9.47. The van der Waals surface area contributed by atoms with Gasteiger partial charge in [-0.2, -0.15) is 0 Å². The van der Waals surface area contributed by atoms with Crippen molar-refractivity contribution in [2.75, 3.05) is 0 Å². The molecule has 4 aliphatic carbocycles. The van der Waals surface area contributed by atoms with Crippen LogP contribution < -0.4 is 0 Å². The predicted octanol–water partition coefficient (Wildman–Crippen LogP) is 4.29. The van der Waals surface area contributed by atoms with Crippen molar-refractivity contribution in [1.82, 2.24) is 0 Å². The van der Waals surface area contributed by atoms with E-state index in [9.17, 15) is 9.90 Å². The Bertz CT molecular complexity index is 587. The zero-order valence-corrected chi connectivity index (χ0v) is 14.7. The number of carbonyl (C=O) groups is 1. The van der Waals surface area contributed by atoms with Gasteiger partial charge >= 0.3 is 0 Å². The summed E-state index contributed by atoms with van der Waals surface area (Å²) in [5, 5.41) is 10.3. The molecule has 0 heterocycles. The molecule has 0 aliphatic heterocycles. The van der Waals surface area contributed by atoms with E-state index >= 15 is 0 Å². The third-order valence-corrected chi connectivity index (χ3v) is 8.17. The highest BCUT2D eigenvalue weighted by molar-refractivity contribution is 5.92. The molecule has 0 amide bonds. The van der Waals surface area contributed by atoms with Crippen molar-refractivity contribution in [2.45, 2.75) is 65.4 Å². The Morgan fingerprint density at radius 1 is 1.17 bits per heavy atom. The summed E-state index contributed by atoms with van der Waals surface area (Å²) in [6, 6.07) is 0. The van der Waals surface area contributed by atoms with E-state index in [1.165, 1.54) is 31.3 Å². The molecule has 2 nitrogen and oxygen atoms in total. The van der Waals surface area contributed by atoms with Crippen LogP contribution in [0.5, 0.6) is 0 Å². The Kier molecular flexibility index (Phi) is 3.43. The predicted molar refractivity (Wildman–Crippen MR) is 91.8 cm³/mol. The fraction of sp³-hybridized carbons (Fsp3) is 0.762. The number of aliphatic hydroxyl groups excluding tert-OH is 1. The monoisotopic (exact) mass is 314 g/mol. The molecule has 4 aliphatic rings. The van der Waals surface area contributed by atoms with Crippen LogP contribution >= 0.6 is 0 Å². The molecule has 0 radical (unpaired) electrons. The van der Waals surface area contributed by atoms with E-state index in [4.69, 9.17) is 0 Å². The van der Waals surface area contributed by atoms with Crippen molar-refractivity contribution in [2.24, 2.45) is 34.5 Å². The molecular formula is C21H30O2. The minimum Gasteiger partial charge on any atom is -0.393 e. The van der Waals surface area contributed by atoms with Crippen LogP contribution in [0.25, 0.3) is 0 Å². The molecule has 0 aromatic carbocycles. The summed E-state index contributed by atoms with van der Waals surface area (Å²) < 4.78 is 0. The van der Waals surface area contributed by atoms with E-state index in [0.717, 1.165) is 12.8 Å². The SMILES string of the molecule is C[C@H](O)[C@H]1CC[C@H]2[C@@H]3C=CC4=CC(=O)CC[C@@]4(C)[C@@H]3CC[C@]12C. The van der Waals surface area contributed by atoms with Crippen LogP contribution in [0.1, 0.15) is 59.3 Å². The van der Waals surface area contributed by atoms with Gasteiger partial charge in [-0.3, -0.25) is 4.79 Å². The Morgan fingerprint density at radius 2 is 1.96 bits per heavy atom. The van der Waals surface area contributed by atoms with Crippen molar-refractivity contribution in [3.63, 3.8) is 0 Å². The van der Waals surface area contributed by atoms with Gasteiger partial charge in [0.2, 0.25) is 0 Å². The van der Waals surface area contributed by atoms with Gasteiger partial charge < -0.3 is 5.11 Å². The van der Waals surface area contributed by atoms with Gasteiger partial charge in [0.05, 0.1) is 6.10 Å². The smallest absolute Gasteiger partial charge is 0.156 e. The Labute approximate surface area is 140 Å². The number of fused-ring (bicyclic) bond motifs is 5. The van der Waals surface area contributed by atoms with E-state index in [1.807, 2.05) is 13.0 Å². The minimum absolute atomic E-state index is 0.188. The van der Waals surface area contributed by atoms with Gasteiger partial charge in [-0.25, -0.2) is 0 Å². The fourth-order valence-electron chi connectivity index (χ4n) is 6.83. The van der Waals surface area contributed by atoms with E-state index < -0.39 is 0 Å². The Balaban J connectivity index is 1.71. The molecule has 4 rings (SSSR count). The molecule has 126 valence electrons. The van der Waals surface area contributed by atoms with Crippen molar-refractivity contribution < 1.29 is 9.90 Å². The van der Waals surface area contributed by atoms with Crippen LogP contribution in [-0.4, -0.2) is 17.0 Å². The molecule has 0 aromatic heterocycles. The summed E-state index contributed by atoms with van der Waals surface area (Å²) in [5.74, 6) is 2.77. The molecule has 0 aromatic rings. The number of ketones is 1. The number of aliphatic hydroxyl groups is 1. The third-order valence-electron chi connectivity index (χ3n) is 8.17. The fourth-order valence-corrected chi connectivity index (χ4v) is 6.83. The maximum atomic E-state index is 11.8. The molecular weight excluding hydrogens is 284 g/mol. The van der Waals surface area contributed by atoms with Crippen LogP contribution in [0.15, 0.2) is 23.8 Å². The molecule has 7 atom stereocenters. The third kappa shape index (κ3) is 2.06. The number of hydrogen-bond donors (Lipinski definition) is 1. The molecule has 1 N–H and O–H groups in total. The molecule has 0 spiro atoms. The highest BCUT2D eigenvalue weighted by Gasteiger charge is 2.58. The van der Waals surface area contributed by atoms with Crippen LogP contribution in [-0.2, 0) is 4.79 Å². The quantitative estimate of drug-likeness (QED) is 0.784. The zero-order chi connectivity index (χ0) is 16.4. The van der Waals surface area contributed by atoms with E-state index in [1.54, 1.807) is 0 Å². The largest absolute Gasteiger partial charge is 0.393 e. The summed E-state index contributed by atoms with van der Waals surface area (Å²) in [6.07, 6.45) is 13.1. The second-order valence-corrected chi connectivity index (χ2v) is 9.10. The van der Waals surface area contributed by atoms with Crippen LogP contribution in [0.2, 0.25) is 0 Å². The van der Waals surface area contributed by atoms with Gasteiger partial charge in [0.15, 0.2) is 5.78 Å². The number of hydrogen-bond acceptors (Lipinski definition) is 2. The molecule has 0 unspecified atom stereocenters. The first-order chi connectivity index (χ1) is 10.9. The highest BCUT2D eigenvalue weighted by atomic mass is 16.3. The lowest BCUT2D eigenvalue weighted by atomic mass is 9.48. The summed E-state index contributed by atoms with van der Waals surface area (Å²) in [4.78, 5) is 11.8. The van der Waals surface area contributed by atoms with Gasteiger partial charge in [-0.05, 0) is 85.2 Å². The highest BCUT2D eigenvalue weighted by Crippen LogP contribution is 2.65. The average molecular weight is 314 g/mol. The first kappa shape index (κ1) is 15.6. The Hall–Kier alpha value is -0.890. The van der Waals surface area contributed by atoms with Gasteiger partial charge in [-0.1, -0.05) is 26.0 Å². The molecule has 2 heteroatoms. The van der Waals surface area contributed by atoms with E-state index in [2.05, 4.69) is 26.0 Å². The minimum atomic E-state index is -0.188. The molecule has 0 bridgehead atoms. The zero-order valence-electron chi connectivity index (χ0n) is 14.7. The maximum absolute atomic E-state index is 11.8. The normalized spacial score (nSPS) is 49.9. The van der Waals surface area contributed by atoms with Crippen molar-refractivity contribution in [3.05, 3.63) is 23.8 Å². The van der Waals surface area contributed by atoms with Crippen LogP contribution in [0.3, 0.4) is 0 Å². The molecule has 23 heavy (non-hydrogen) atoms. The van der Waals surface area contributed by atoms with Gasteiger partial charge in [-0.15, -0.1) is 0 Å². The lowest BCUT2D eigenvalue weighted by molar-refractivity contribution is -0.116. The van der Waals surface area contributed by atoms with Crippen molar-refractivity contribution >= 4 is 5.78 Å². The lowest BCUT2D eigenvalue weighted by Crippen LogP contribution is -2.49. The van der Waals surface area contributed by atoms with Crippen molar-refractivity contribution in [1.29, 1.82) is 0 Å². The van der Waals surface area contributed by atoms with Crippen LogP contribution in [0, 0.1) is 34.5 Å². The number of allylic oxidation sites excluding steroid dienone is 4. The van der Waals surface area contributed by atoms with Crippen LogP contribution in [0.4, 0.5) is 0 Å². The molecule has 2 saturated carbocycles. The summed E-state index contributed by atoms with van der Waals surface area (Å²) >= 11 is 0. The average Bonchev–Trinajstić information content (AvgIpc) is 2.85. The second-order valence-electron chi connectivity index (χ2n) is 9.10. The second kappa shape index (κ2) is 5.05. The standard InChI is InChI=1S/C21H30O2/c1-13(22)17-6-7-18-16-5-4-14-12-15(23)8-10-20(14,2)19(16)9-11-21(17,18)3/h4-5,12-13,16-19,22H,6-11H2,1-3H3/t13-,16-,17+,18-,19+,20+,21+/m0/s1. The maximum Gasteiger partial charge on any atom is 0.156 e. The van der Waals surface area contributed by atoms with Gasteiger partial charge in [0.25, 0.3) is 0 Å². The Morgan fingerprint density at radius 3 is 2.70 bits per heavy atom. The van der Waals surface area contributed by atoms with Gasteiger partial charge in [0.1, 0.15) is 0 Å².